The minimum atomic E-state index is 0.0113. The number of anilines is 6. The zero-order chi connectivity index (χ0) is 37.3. The van der Waals surface area contributed by atoms with E-state index in [9.17, 15) is 0 Å². The summed E-state index contributed by atoms with van der Waals surface area (Å²) in [6.45, 7) is 0.111. The maximum Gasteiger partial charge on any atom is 0.252 e. The lowest BCUT2D eigenvalue weighted by molar-refractivity contribution is 0.353. The molecular formula is C54H45BN2. The van der Waals surface area contributed by atoms with Gasteiger partial charge in [-0.25, -0.2) is 0 Å². The molecule has 57 heavy (non-hydrogen) atoms. The second-order valence-corrected chi connectivity index (χ2v) is 17.7. The van der Waals surface area contributed by atoms with E-state index < -0.39 is 0 Å². The molecule has 2 saturated carbocycles. The van der Waals surface area contributed by atoms with Crippen LogP contribution >= 0.6 is 0 Å². The fourth-order valence-electron chi connectivity index (χ4n) is 13.0. The molecule has 0 radical (unpaired) electrons. The summed E-state index contributed by atoms with van der Waals surface area (Å²) < 4.78 is 0. The van der Waals surface area contributed by atoms with Crippen molar-refractivity contribution in [1.29, 1.82) is 0 Å². The second kappa shape index (κ2) is 11.9. The van der Waals surface area contributed by atoms with E-state index in [1.165, 1.54) is 143 Å². The Hall–Kier alpha value is -5.80. The highest BCUT2D eigenvalue weighted by Gasteiger charge is 2.51. The molecule has 0 unspecified atom stereocenters. The molecular weight excluding hydrogens is 687 g/mol. The van der Waals surface area contributed by atoms with Crippen LogP contribution in [-0.4, -0.2) is 6.71 Å². The lowest BCUT2D eigenvalue weighted by atomic mass is 9.33. The van der Waals surface area contributed by atoms with Gasteiger partial charge >= 0.3 is 0 Å². The number of fused-ring (bicyclic) bond motifs is 15. The Morgan fingerprint density at radius 1 is 0.386 bits per heavy atom. The normalized spacial score (nSPS) is 18.4. The molecule has 0 aromatic heterocycles. The third-order valence-corrected chi connectivity index (χ3v) is 15.2. The topological polar surface area (TPSA) is 6.48 Å². The summed E-state index contributed by atoms with van der Waals surface area (Å²) in [5, 5.41) is 0. The lowest BCUT2D eigenvalue weighted by Crippen LogP contribution is -2.61. The first kappa shape index (κ1) is 32.3. The Labute approximate surface area is 336 Å². The van der Waals surface area contributed by atoms with Crippen LogP contribution in [0.1, 0.15) is 86.5 Å². The summed E-state index contributed by atoms with van der Waals surface area (Å²) in [6, 6.07) is 58.9. The summed E-state index contributed by atoms with van der Waals surface area (Å²) in [4.78, 5) is 5.32. The smallest absolute Gasteiger partial charge is 0.252 e. The first-order chi connectivity index (χ1) is 28.3. The van der Waals surface area contributed by atoms with E-state index in [-0.39, 0.29) is 17.5 Å². The van der Waals surface area contributed by atoms with Crippen molar-refractivity contribution >= 4 is 57.2 Å². The van der Waals surface area contributed by atoms with Gasteiger partial charge in [-0.15, -0.1) is 0 Å². The van der Waals surface area contributed by atoms with E-state index in [2.05, 4.69) is 161 Å². The first-order valence-corrected chi connectivity index (χ1v) is 21.7. The number of rotatable bonds is 2. The monoisotopic (exact) mass is 732 g/mol. The fraction of sp³-hybridized carbons (Fsp3) is 0.222. The minimum absolute atomic E-state index is 0.0113. The maximum atomic E-state index is 2.72. The molecule has 0 bridgehead atoms. The Balaban J connectivity index is 1.16. The first-order valence-electron chi connectivity index (χ1n) is 21.7. The van der Waals surface area contributed by atoms with Gasteiger partial charge in [-0.3, -0.25) is 0 Å². The van der Waals surface area contributed by atoms with Gasteiger partial charge in [0.2, 0.25) is 0 Å². The highest BCUT2D eigenvalue weighted by atomic mass is 15.2. The van der Waals surface area contributed by atoms with E-state index in [1.54, 1.807) is 16.7 Å². The van der Waals surface area contributed by atoms with Gasteiger partial charge < -0.3 is 9.80 Å². The maximum absolute atomic E-state index is 2.72. The van der Waals surface area contributed by atoms with Crippen molar-refractivity contribution in [2.24, 2.45) is 0 Å². The van der Waals surface area contributed by atoms with Crippen LogP contribution in [-0.2, 0) is 10.8 Å². The Kier molecular flexibility index (Phi) is 6.73. The summed E-state index contributed by atoms with van der Waals surface area (Å²) in [5.41, 5.74) is 24.1. The van der Waals surface area contributed by atoms with E-state index in [4.69, 9.17) is 0 Å². The van der Waals surface area contributed by atoms with E-state index in [0.717, 1.165) is 0 Å². The average Bonchev–Trinajstić information content (AvgIpc) is 3.69. The quantitative estimate of drug-likeness (QED) is 0.163. The van der Waals surface area contributed by atoms with Crippen molar-refractivity contribution in [3.63, 3.8) is 0 Å². The standard InChI is InChI=1S/C54H45BN2/c1-4-18-36(19-5-1)56-47-26-12-10-24-45(47)55-46-25-11-13-27-48(46)57(37-28-29-43-40(34-37)38-20-6-8-22-41(38)53(43)30-14-2-15-31-53)52-50-39-21-7-9-23-42(39)54(32-16-3-17-33-54)44(50)35-49(56)51(52)55/h1,4-13,18-29,34-35H,2-3,14-17,30-33H2. The van der Waals surface area contributed by atoms with Gasteiger partial charge in [0.15, 0.2) is 0 Å². The fourth-order valence-corrected chi connectivity index (χ4v) is 13.0. The minimum Gasteiger partial charge on any atom is -0.311 e. The Bertz CT molecular complexity index is 2790. The summed E-state index contributed by atoms with van der Waals surface area (Å²) in [7, 11) is 0. The van der Waals surface area contributed by atoms with Crippen LogP contribution in [0.4, 0.5) is 34.1 Å². The van der Waals surface area contributed by atoms with Crippen LogP contribution in [0.2, 0.25) is 0 Å². The van der Waals surface area contributed by atoms with Crippen molar-refractivity contribution in [3.05, 3.63) is 174 Å². The van der Waals surface area contributed by atoms with Gasteiger partial charge in [0.1, 0.15) is 0 Å². The third kappa shape index (κ3) is 4.17. The number of nitrogens with zero attached hydrogens (tertiary/aromatic N) is 2. The van der Waals surface area contributed by atoms with E-state index in [1.807, 2.05) is 0 Å². The average molecular weight is 733 g/mol. The Morgan fingerprint density at radius 3 is 1.63 bits per heavy atom. The molecule has 13 rings (SSSR count). The molecule has 0 atom stereocenters. The predicted molar refractivity (Wildman–Crippen MR) is 239 cm³/mol. The Morgan fingerprint density at radius 2 is 0.930 bits per heavy atom. The van der Waals surface area contributed by atoms with Crippen LogP contribution in [0.15, 0.2) is 152 Å². The molecule has 0 saturated heterocycles. The van der Waals surface area contributed by atoms with Gasteiger partial charge in [0.25, 0.3) is 6.71 Å². The van der Waals surface area contributed by atoms with Crippen molar-refractivity contribution < 1.29 is 0 Å². The highest BCUT2D eigenvalue weighted by molar-refractivity contribution is 7.00. The molecule has 6 aliphatic rings. The predicted octanol–water partition coefficient (Wildman–Crippen LogP) is 12.2. The second-order valence-electron chi connectivity index (χ2n) is 17.7. The molecule has 2 aliphatic heterocycles. The van der Waals surface area contributed by atoms with Crippen molar-refractivity contribution in [2.75, 3.05) is 9.80 Å². The van der Waals surface area contributed by atoms with Gasteiger partial charge in [0.05, 0.1) is 5.69 Å². The van der Waals surface area contributed by atoms with E-state index in [0.29, 0.717) is 0 Å². The highest BCUT2D eigenvalue weighted by Crippen LogP contribution is 2.62. The van der Waals surface area contributed by atoms with Crippen LogP contribution in [0.5, 0.6) is 0 Å². The molecule has 2 spiro atoms. The molecule has 2 heterocycles. The number of benzene rings is 7. The van der Waals surface area contributed by atoms with Crippen LogP contribution < -0.4 is 26.2 Å². The van der Waals surface area contributed by atoms with Crippen LogP contribution in [0, 0.1) is 0 Å². The molecule has 0 amide bonds. The molecule has 7 aromatic carbocycles. The van der Waals surface area contributed by atoms with Gasteiger partial charge in [-0.2, -0.15) is 0 Å². The van der Waals surface area contributed by atoms with Gasteiger partial charge in [-0.1, -0.05) is 148 Å². The third-order valence-electron chi connectivity index (χ3n) is 15.2. The van der Waals surface area contributed by atoms with Crippen molar-refractivity contribution in [2.45, 2.75) is 75.0 Å². The van der Waals surface area contributed by atoms with Crippen molar-refractivity contribution in [1.82, 2.24) is 0 Å². The summed E-state index contributed by atoms with van der Waals surface area (Å²) in [6.07, 6.45) is 12.7. The summed E-state index contributed by atoms with van der Waals surface area (Å²) in [5.74, 6) is 0. The molecule has 2 nitrogen and oxygen atoms in total. The molecule has 2 fully saturated rings. The number of hydrogen-bond donors (Lipinski definition) is 0. The molecule has 7 aromatic rings. The zero-order valence-corrected chi connectivity index (χ0v) is 32.5. The van der Waals surface area contributed by atoms with Crippen molar-refractivity contribution in [3.8, 4) is 22.3 Å². The van der Waals surface area contributed by atoms with Crippen LogP contribution in [0.3, 0.4) is 0 Å². The molecule has 0 N–H and O–H groups in total. The SMILES string of the molecule is c1ccc(N2c3ccccc3B3c4ccccc4N(c4ccc5c(c4)-c4ccccc4C54CCCCC4)c4c3c2cc2c4-c3ccccc3C23CCCCC3)cc1. The number of hydrogen-bond acceptors (Lipinski definition) is 2. The van der Waals surface area contributed by atoms with Crippen LogP contribution in [0.25, 0.3) is 22.3 Å². The zero-order valence-electron chi connectivity index (χ0n) is 32.5. The van der Waals surface area contributed by atoms with Gasteiger partial charge in [0, 0.05) is 44.8 Å². The number of para-hydroxylation sites is 3. The largest absolute Gasteiger partial charge is 0.311 e. The molecule has 3 heteroatoms. The lowest BCUT2D eigenvalue weighted by Gasteiger charge is -2.46. The molecule has 274 valence electrons. The molecule has 4 aliphatic carbocycles. The van der Waals surface area contributed by atoms with E-state index >= 15 is 0 Å². The van der Waals surface area contributed by atoms with Gasteiger partial charge in [-0.05, 0) is 123 Å². The summed E-state index contributed by atoms with van der Waals surface area (Å²) >= 11 is 0.